The summed E-state index contributed by atoms with van der Waals surface area (Å²) in [6.45, 7) is 20.8. The average molecular weight is 519 g/mol. The zero-order valence-corrected chi connectivity index (χ0v) is 22.3. The minimum Gasteiger partial charge on any atom is -0.461 e. The molecule has 1 heterocycles. The van der Waals surface area contributed by atoms with Gasteiger partial charge >= 0.3 is 17.9 Å². The molecule has 0 aliphatic heterocycles. The molecule has 0 bridgehead atoms. The van der Waals surface area contributed by atoms with Gasteiger partial charge in [-0.1, -0.05) is 19.7 Å². The van der Waals surface area contributed by atoms with Gasteiger partial charge in [-0.2, -0.15) is 15.0 Å². The Morgan fingerprint density at radius 2 is 1.03 bits per heavy atom. The summed E-state index contributed by atoms with van der Waals surface area (Å²) in [5, 5.41) is 0. The van der Waals surface area contributed by atoms with Crippen molar-refractivity contribution in [2.45, 2.75) is 27.7 Å². The summed E-state index contributed by atoms with van der Waals surface area (Å²) in [5.74, 6) is -0.337. The van der Waals surface area contributed by atoms with Gasteiger partial charge in [0.1, 0.15) is 19.8 Å². The normalized spacial score (nSPS) is 10.2. The van der Waals surface area contributed by atoms with E-state index in [4.69, 9.17) is 14.2 Å². The fraction of sp³-hybridized carbons (Fsp3) is 0.520. The largest absolute Gasteiger partial charge is 0.461 e. The molecule has 0 N–H and O–H groups in total. The van der Waals surface area contributed by atoms with Crippen molar-refractivity contribution in [3.63, 3.8) is 0 Å². The Hall–Kier alpha value is -3.96. The van der Waals surface area contributed by atoms with Crippen LogP contribution in [0.4, 0.5) is 17.8 Å². The van der Waals surface area contributed by atoms with Crippen molar-refractivity contribution in [3.05, 3.63) is 37.5 Å². The second-order valence-electron chi connectivity index (χ2n) is 7.63. The molecular weight excluding hydrogens is 480 g/mol. The Balaban J connectivity index is 3.25. The second-order valence-corrected chi connectivity index (χ2v) is 7.63. The molecule has 37 heavy (non-hydrogen) atoms. The summed E-state index contributed by atoms with van der Waals surface area (Å²) in [6, 6.07) is 0. The van der Waals surface area contributed by atoms with Crippen molar-refractivity contribution in [1.29, 1.82) is 0 Å². The Labute approximate surface area is 218 Å². The third-order valence-corrected chi connectivity index (χ3v) is 5.08. The van der Waals surface area contributed by atoms with Crippen molar-refractivity contribution in [2.24, 2.45) is 0 Å². The fourth-order valence-corrected chi connectivity index (χ4v) is 2.97. The lowest BCUT2D eigenvalue weighted by atomic mass is 10.4. The van der Waals surface area contributed by atoms with E-state index in [0.717, 1.165) is 12.2 Å². The van der Waals surface area contributed by atoms with E-state index < -0.39 is 17.9 Å². The molecule has 0 saturated carbocycles. The molecule has 0 spiro atoms. The van der Waals surface area contributed by atoms with E-state index in [9.17, 15) is 14.4 Å². The number of rotatable bonds is 18. The lowest BCUT2D eigenvalue weighted by Crippen LogP contribution is -2.35. The number of aromatic nitrogens is 3. The van der Waals surface area contributed by atoms with Gasteiger partial charge in [0, 0.05) is 37.4 Å². The van der Waals surface area contributed by atoms with Gasteiger partial charge in [-0.3, -0.25) is 0 Å². The smallest absolute Gasteiger partial charge is 0.333 e. The van der Waals surface area contributed by atoms with E-state index in [1.165, 1.54) is 0 Å². The highest BCUT2D eigenvalue weighted by Crippen LogP contribution is 2.19. The summed E-state index contributed by atoms with van der Waals surface area (Å²) in [6.07, 6.45) is 2.21. The van der Waals surface area contributed by atoms with Crippen molar-refractivity contribution < 1.29 is 28.6 Å². The van der Waals surface area contributed by atoms with Gasteiger partial charge in [0.25, 0.3) is 0 Å². The highest BCUT2D eigenvalue weighted by molar-refractivity contribution is 5.86. The highest BCUT2D eigenvalue weighted by Gasteiger charge is 2.20. The molecule has 0 aromatic carbocycles. The minimum absolute atomic E-state index is 0.123. The first kappa shape index (κ1) is 31.1. The number of carbonyl (C=O) groups is 3. The summed E-state index contributed by atoms with van der Waals surface area (Å²) < 4.78 is 15.5. The SMILES string of the molecule is C=CC(=O)OCCN(CC)c1nc(N(CC)CCOC(=O)C=C)nc(N(CC)CCOC(=O)C(=C)C)n1. The molecule has 12 heteroatoms. The number of ether oxygens (including phenoxy) is 3. The average Bonchev–Trinajstić information content (AvgIpc) is 2.90. The molecule has 204 valence electrons. The molecular formula is C25H38N6O6. The monoisotopic (exact) mass is 518 g/mol. The minimum atomic E-state index is -0.513. The number of hydrogen-bond donors (Lipinski definition) is 0. The topological polar surface area (TPSA) is 127 Å². The summed E-state index contributed by atoms with van der Waals surface area (Å²) in [7, 11) is 0. The first-order valence-corrected chi connectivity index (χ1v) is 12.1. The standard InChI is InChI=1S/C25H38N6O6/c1-8-20(32)35-16-13-29(10-3)23-26-24(30(11-4)14-17-36-21(33)9-2)28-25(27-23)31(12-5)15-18-37-22(34)19(6)7/h8-9H,1-2,6,10-18H2,3-5,7H3. The van der Waals surface area contributed by atoms with Crippen LogP contribution in [-0.2, 0) is 28.6 Å². The molecule has 0 unspecified atom stereocenters. The maximum atomic E-state index is 11.8. The number of carbonyl (C=O) groups excluding carboxylic acids is 3. The van der Waals surface area contributed by atoms with Crippen LogP contribution >= 0.6 is 0 Å². The zero-order chi connectivity index (χ0) is 27.8. The van der Waals surface area contributed by atoms with Gasteiger partial charge in [-0.15, -0.1) is 0 Å². The van der Waals surface area contributed by atoms with Gasteiger partial charge in [0.15, 0.2) is 0 Å². The van der Waals surface area contributed by atoms with Crippen molar-refractivity contribution >= 4 is 35.8 Å². The third kappa shape index (κ3) is 10.7. The van der Waals surface area contributed by atoms with Crippen LogP contribution < -0.4 is 14.7 Å². The number of anilines is 3. The zero-order valence-electron chi connectivity index (χ0n) is 22.3. The van der Waals surface area contributed by atoms with E-state index in [1.807, 2.05) is 35.5 Å². The molecule has 0 fully saturated rings. The third-order valence-electron chi connectivity index (χ3n) is 5.08. The summed E-state index contributed by atoms with van der Waals surface area (Å²) in [4.78, 5) is 54.2. The van der Waals surface area contributed by atoms with E-state index in [-0.39, 0.29) is 19.8 Å². The molecule has 0 atom stereocenters. The number of nitrogens with zero attached hydrogens (tertiary/aromatic N) is 6. The van der Waals surface area contributed by atoms with Crippen LogP contribution in [0.25, 0.3) is 0 Å². The number of likely N-dealkylation sites (N-methyl/N-ethyl adjacent to an activating group) is 3. The van der Waals surface area contributed by atoms with Gasteiger partial charge in [0.2, 0.25) is 17.8 Å². The van der Waals surface area contributed by atoms with Crippen molar-refractivity contribution in [2.75, 3.05) is 73.8 Å². The first-order valence-electron chi connectivity index (χ1n) is 12.1. The highest BCUT2D eigenvalue weighted by atomic mass is 16.5. The predicted molar refractivity (Wildman–Crippen MR) is 142 cm³/mol. The van der Waals surface area contributed by atoms with Crippen LogP contribution in [0.5, 0.6) is 0 Å². The Morgan fingerprint density at radius 3 is 1.30 bits per heavy atom. The van der Waals surface area contributed by atoms with Crippen LogP contribution in [0.3, 0.4) is 0 Å². The molecule has 0 aliphatic carbocycles. The quantitative estimate of drug-likeness (QED) is 0.160. The molecule has 12 nitrogen and oxygen atoms in total. The van der Waals surface area contributed by atoms with E-state index in [2.05, 4.69) is 34.7 Å². The van der Waals surface area contributed by atoms with Gasteiger partial charge in [-0.25, -0.2) is 14.4 Å². The Morgan fingerprint density at radius 1 is 0.703 bits per heavy atom. The van der Waals surface area contributed by atoms with Crippen LogP contribution in [0.1, 0.15) is 27.7 Å². The lowest BCUT2D eigenvalue weighted by Gasteiger charge is -2.27. The van der Waals surface area contributed by atoms with E-state index in [1.54, 1.807) is 6.92 Å². The van der Waals surface area contributed by atoms with E-state index in [0.29, 0.717) is 62.7 Å². The van der Waals surface area contributed by atoms with Crippen LogP contribution in [0.2, 0.25) is 0 Å². The summed E-state index contributed by atoms with van der Waals surface area (Å²) in [5.41, 5.74) is 0.319. The first-order chi connectivity index (χ1) is 17.7. The Kier molecular flexibility index (Phi) is 14.0. The maximum Gasteiger partial charge on any atom is 0.333 e. The number of hydrogen-bond acceptors (Lipinski definition) is 12. The van der Waals surface area contributed by atoms with Crippen LogP contribution in [-0.4, -0.2) is 91.9 Å². The molecule has 0 aliphatic rings. The van der Waals surface area contributed by atoms with Gasteiger partial charge < -0.3 is 28.9 Å². The van der Waals surface area contributed by atoms with Crippen molar-refractivity contribution in [1.82, 2.24) is 15.0 Å². The van der Waals surface area contributed by atoms with Crippen LogP contribution in [0.15, 0.2) is 37.5 Å². The predicted octanol–water partition coefficient (Wildman–Crippen LogP) is 1.93. The molecule has 0 amide bonds. The van der Waals surface area contributed by atoms with Gasteiger partial charge in [-0.05, 0) is 27.7 Å². The maximum absolute atomic E-state index is 11.8. The summed E-state index contributed by atoms with van der Waals surface area (Å²) >= 11 is 0. The molecule has 1 aromatic rings. The second kappa shape index (κ2) is 16.7. The Bertz CT molecular complexity index is 901. The number of esters is 3. The van der Waals surface area contributed by atoms with Gasteiger partial charge in [0.05, 0.1) is 19.6 Å². The molecule has 1 rings (SSSR count). The fourth-order valence-electron chi connectivity index (χ4n) is 2.97. The van der Waals surface area contributed by atoms with Crippen molar-refractivity contribution in [3.8, 4) is 0 Å². The van der Waals surface area contributed by atoms with Crippen LogP contribution in [0, 0.1) is 0 Å². The molecule has 1 aromatic heterocycles. The molecule has 0 radical (unpaired) electrons. The molecule has 0 saturated heterocycles. The van der Waals surface area contributed by atoms with E-state index >= 15 is 0 Å². The lowest BCUT2D eigenvalue weighted by molar-refractivity contribution is -0.139.